The van der Waals surface area contributed by atoms with Gasteiger partial charge in [-0.1, -0.05) is 18.2 Å². The molecule has 2 aromatic carbocycles. The molecule has 37 heavy (non-hydrogen) atoms. The zero-order chi connectivity index (χ0) is 27.0. The largest absolute Gasteiger partial charge is 0.514 e. The van der Waals surface area contributed by atoms with E-state index >= 15 is 0 Å². The summed E-state index contributed by atoms with van der Waals surface area (Å²) in [4.78, 5) is 26.6. The van der Waals surface area contributed by atoms with Crippen molar-refractivity contribution >= 4 is 12.2 Å². The lowest BCUT2D eigenvalue weighted by Crippen LogP contribution is -2.52. The fraction of sp³-hybridized carbons (Fsp3) is 0.517. The maximum Gasteiger partial charge on any atom is 0.514 e. The topological polar surface area (TPSA) is 94.5 Å². The molecule has 0 aromatic heterocycles. The van der Waals surface area contributed by atoms with Crippen molar-refractivity contribution in [3.8, 4) is 17.2 Å². The maximum absolute atomic E-state index is 12.6. The summed E-state index contributed by atoms with van der Waals surface area (Å²) in [7, 11) is 0. The zero-order valence-corrected chi connectivity index (χ0v) is 22.5. The van der Waals surface area contributed by atoms with E-state index in [1.165, 1.54) is 0 Å². The highest BCUT2D eigenvalue weighted by atomic mass is 16.7. The van der Waals surface area contributed by atoms with Gasteiger partial charge < -0.3 is 29.0 Å². The van der Waals surface area contributed by atoms with Gasteiger partial charge in [-0.3, -0.25) is 0 Å². The SMILES string of the molecule is CC(C)(C)OC(=O)Oc1cccc(C2CC3(CCN(C(=O)OC(C)(C)C)CC3)Oc3cc(O)ccc32)c1. The number of aromatic hydroxyl groups is 1. The number of hydrogen-bond donors (Lipinski definition) is 1. The van der Waals surface area contributed by atoms with Gasteiger partial charge in [-0.2, -0.15) is 0 Å². The molecule has 2 aliphatic rings. The van der Waals surface area contributed by atoms with Crippen LogP contribution in [0.5, 0.6) is 17.2 Å². The van der Waals surface area contributed by atoms with E-state index < -0.39 is 23.0 Å². The third kappa shape index (κ3) is 6.67. The number of rotatable bonds is 2. The molecular weight excluding hydrogens is 474 g/mol. The van der Waals surface area contributed by atoms with Crippen molar-refractivity contribution in [2.24, 2.45) is 0 Å². The number of carbonyl (C=O) groups is 2. The molecule has 1 amide bonds. The Bertz CT molecular complexity index is 1150. The number of ether oxygens (including phenoxy) is 4. The van der Waals surface area contributed by atoms with E-state index in [-0.39, 0.29) is 17.8 Å². The Kier molecular flexibility index (Phi) is 7.06. The van der Waals surface area contributed by atoms with Crippen molar-refractivity contribution in [2.75, 3.05) is 13.1 Å². The standard InChI is InChI=1S/C29H37NO7/c1-27(2,3)36-25(32)30-14-12-29(13-15-30)18-23(22-11-10-20(31)17-24(22)35-29)19-8-7-9-21(16-19)34-26(33)37-28(4,5)6/h7-11,16-17,23,31H,12-15,18H2,1-6H3. The summed E-state index contributed by atoms with van der Waals surface area (Å²) in [6.07, 6.45) is 0.869. The minimum Gasteiger partial charge on any atom is -0.508 e. The first-order valence-corrected chi connectivity index (χ1v) is 12.7. The fourth-order valence-corrected chi connectivity index (χ4v) is 4.84. The monoisotopic (exact) mass is 511 g/mol. The summed E-state index contributed by atoms with van der Waals surface area (Å²) >= 11 is 0. The summed E-state index contributed by atoms with van der Waals surface area (Å²) in [5.41, 5.74) is 0.197. The first-order chi connectivity index (χ1) is 17.2. The van der Waals surface area contributed by atoms with E-state index in [9.17, 15) is 14.7 Å². The number of amides is 1. The Morgan fingerprint density at radius 1 is 0.973 bits per heavy atom. The number of hydrogen-bond acceptors (Lipinski definition) is 7. The Morgan fingerprint density at radius 3 is 2.30 bits per heavy atom. The van der Waals surface area contributed by atoms with Crippen LogP contribution in [0.15, 0.2) is 42.5 Å². The Balaban J connectivity index is 1.57. The van der Waals surface area contributed by atoms with Crippen LogP contribution in [0.25, 0.3) is 0 Å². The molecule has 4 rings (SSSR count). The summed E-state index contributed by atoms with van der Waals surface area (Å²) in [5, 5.41) is 10.2. The molecule has 2 aromatic rings. The van der Waals surface area contributed by atoms with E-state index in [0.29, 0.717) is 43.9 Å². The quantitative estimate of drug-likeness (QED) is 0.369. The summed E-state index contributed by atoms with van der Waals surface area (Å²) in [6, 6.07) is 12.6. The molecule has 1 fully saturated rings. The van der Waals surface area contributed by atoms with Crippen molar-refractivity contribution in [1.29, 1.82) is 0 Å². The van der Waals surface area contributed by atoms with Gasteiger partial charge in [0.1, 0.15) is 34.1 Å². The van der Waals surface area contributed by atoms with E-state index in [1.807, 2.05) is 45.0 Å². The Hall–Kier alpha value is -3.42. The lowest BCUT2D eigenvalue weighted by atomic mass is 9.75. The molecule has 1 N–H and O–H groups in total. The van der Waals surface area contributed by atoms with Crippen molar-refractivity contribution in [1.82, 2.24) is 4.90 Å². The van der Waals surface area contributed by atoms with E-state index in [0.717, 1.165) is 11.1 Å². The van der Waals surface area contributed by atoms with Crippen molar-refractivity contribution < 1.29 is 33.6 Å². The number of phenolic OH excluding ortho intramolecular Hbond substituents is 1. The fourth-order valence-electron chi connectivity index (χ4n) is 4.84. The van der Waals surface area contributed by atoms with Gasteiger partial charge >= 0.3 is 12.2 Å². The number of benzene rings is 2. The minimum absolute atomic E-state index is 0.0559. The lowest BCUT2D eigenvalue weighted by Gasteiger charge is -2.47. The second-order valence-electron chi connectivity index (χ2n) is 11.9. The van der Waals surface area contributed by atoms with Gasteiger partial charge in [-0.15, -0.1) is 0 Å². The van der Waals surface area contributed by atoms with Gasteiger partial charge in [0.25, 0.3) is 0 Å². The number of carbonyl (C=O) groups excluding carboxylic acids is 2. The highest BCUT2D eigenvalue weighted by molar-refractivity contribution is 5.68. The van der Waals surface area contributed by atoms with Crippen LogP contribution in [0.1, 0.15) is 77.8 Å². The van der Waals surface area contributed by atoms with Gasteiger partial charge in [0.15, 0.2) is 0 Å². The molecular formula is C29H37NO7. The van der Waals surface area contributed by atoms with Crippen molar-refractivity contribution in [3.63, 3.8) is 0 Å². The minimum atomic E-state index is -0.757. The molecule has 1 spiro atoms. The van der Waals surface area contributed by atoms with E-state index in [2.05, 4.69) is 0 Å². The van der Waals surface area contributed by atoms with Crippen LogP contribution >= 0.6 is 0 Å². The van der Waals surface area contributed by atoms with Crippen LogP contribution in [0, 0.1) is 0 Å². The Labute approximate surface area is 218 Å². The van der Waals surface area contributed by atoms with Crippen LogP contribution in [0.4, 0.5) is 9.59 Å². The molecule has 200 valence electrons. The Morgan fingerprint density at radius 2 is 1.65 bits per heavy atom. The summed E-state index contributed by atoms with van der Waals surface area (Å²) < 4.78 is 22.8. The van der Waals surface area contributed by atoms with Crippen LogP contribution in [0.3, 0.4) is 0 Å². The van der Waals surface area contributed by atoms with Crippen LogP contribution in [-0.4, -0.2) is 52.1 Å². The second-order valence-corrected chi connectivity index (χ2v) is 11.9. The number of phenols is 1. The molecule has 0 radical (unpaired) electrons. The number of fused-ring (bicyclic) bond motifs is 1. The smallest absolute Gasteiger partial charge is 0.508 e. The number of piperidine rings is 1. The number of likely N-dealkylation sites (tertiary alicyclic amines) is 1. The highest BCUT2D eigenvalue weighted by Crippen LogP contribution is 2.49. The zero-order valence-electron chi connectivity index (χ0n) is 22.5. The first-order valence-electron chi connectivity index (χ1n) is 12.7. The second kappa shape index (κ2) is 9.80. The highest BCUT2D eigenvalue weighted by Gasteiger charge is 2.45. The third-order valence-electron chi connectivity index (χ3n) is 6.45. The first kappa shape index (κ1) is 26.6. The molecule has 8 heteroatoms. The van der Waals surface area contributed by atoms with Gasteiger partial charge in [-0.05, 0) is 71.7 Å². The van der Waals surface area contributed by atoms with E-state index in [4.69, 9.17) is 18.9 Å². The molecule has 0 aliphatic carbocycles. The maximum atomic E-state index is 12.6. The normalized spacial score (nSPS) is 19.0. The molecule has 8 nitrogen and oxygen atoms in total. The predicted molar refractivity (Wildman–Crippen MR) is 138 cm³/mol. The van der Waals surface area contributed by atoms with Crippen molar-refractivity contribution in [3.05, 3.63) is 53.6 Å². The van der Waals surface area contributed by atoms with Crippen molar-refractivity contribution in [2.45, 2.75) is 83.5 Å². The molecule has 0 bridgehead atoms. The molecule has 1 saturated heterocycles. The predicted octanol–water partition coefficient (Wildman–Crippen LogP) is 6.39. The van der Waals surface area contributed by atoms with Crippen LogP contribution < -0.4 is 9.47 Å². The molecule has 1 atom stereocenters. The van der Waals surface area contributed by atoms with Gasteiger partial charge in [-0.25, -0.2) is 9.59 Å². The lowest BCUT2D eigenvalue weighted by molar-refractivity contribution is -0.0303. The molecule has 2 heterocycles. The summed E-state index contributed by atoms with van der Waals surface area (Å²) in [6.45, 7) is 11.9. The summed E-state index contributed by atoms with van der Waals surface area (Å²) in [5.74, 6) is 1.09. The average molecular weight is 512 g/mol. The van der Waals surface area contributed by atoms with Gasteiger partial charge in [0.2, 0.25) is 0 Å². The van der Waals surface area contributed by atoms with E-state index in [1.54, 1.807) is 43.9 Å². The average Bonchev–Trinajstić information content (AvgIpc) is 2.76. The molecule has 0 saturated carbocycles. The van der Waals surface area contributed by atoms with Crippen LogP contribution in [-0.2, 0) is 9.47 Å². The molecule has 2 aliphatic heterocycles. The number of nitrogens with zero attached hydrogens (tertiary/aromatic N) is 1. The van der Waals surface area contributed by atoms with Gasteiger partial charge in [0, 0.05) is 43.5 Å². The molecule has 1 unspecified atom stereocenters. The van der Waals surface area contributed by atoms with Gasteiger partial charge in [0.05, 0.1) is 0 Å². The van der Waals surface area contributed by atoms with Crippen LogP contribution in [0.2, 0.25) is 0 Å². The third-order valence-corrected chi connectivity index (χ3v) is 6.45.